The molecule has 30 heavy (non-hydrogen) atoms. The fraction of sp³-hybridized carbons (Fsp3) is 0.261. The maximum absolute atomic E-state index is 12.1. The maximum Gasteiger partial charge on any atom is 0.323 e. The number of urea groups is 1. The molecule has 3 N–H and O–H groups in total. The van der Waals surface area contributed by atoms with Crippen LogP contribution in [0, 0.1) is 6.92 Å². The Morgan fingerprint density at radius 2 is 1.47 bits per heavy atom. The van der Waals surface area contributed by atoms with Crippen LogP contribution in [0.15, 0.2) is 60.7 Å². The molecule has 1 aliphatic heterocycles. The molecule has 0 unspecified atom stereocenters. The summed E-state index contributed by atoms with van der Waals surface area (Å²) < 4.78 is 0. The molecule has 0 bridgehead atoms. The predicted molar refractivity (Wildman–Crippen MR) is 122 cm³/mol. The molecule has 7 nitrogen and oxygen atoms in total. The lowest BCUT2D eigenvalue weighted by atomic mass is 10.1. The molecule has 2 heterocycles. The summed E-state index contributed by atoms with van der Waals surface area (Å²) in [5.41, 5.74) is 3.29. The molecule has 0 radical (unpaired) electrons. The average molecular weight is 403 g/mol. The fourth-order valence-corrected chi connectivity index (χ4v) is 3.45. The number of carbonyl (C=O) groups excluding carboxylic acids is 1. The largest absolute Gasteiger partial charge is 0.341 e. The Balaban J connectivity index is 1.38. The fourth-order valence-electron chi connectivity index (χ4n) is 3.45. The monoisotopic (exact) mass is 402 g/mol. The lowest BCUT2D eigenvalue weighted by Crippen LogP contribution is -2.31. The summed E-state index contributed by atoms with van der Waals surface area (Å²) in [5.74, 6) is 1.55. The highest BCUT2D eigenvalue weighted by Gasteiger charge is 2.14. The first-order valence-electron chi connectivity index (χ1n) is 10.3. The van der Waals surface area contributed by atoms with Gasteiger partial charge in [-0.25, -0.2) is 9.78 Å². The van der Waals surface area contributed by atoms with Gasteiger partial charge in [-0.05, 0) is 62.6 Å². The van der Waals surface area contributed by atoms with Crippen molar-refractivity contribution in [1.29, 1.82) is 0 Å². The molecule has 4 rings (SSSR count). The number of benzene rings is 2. The Morgan fingerprint density at radius 1 is 0.833 bits per heavy atom. The lowest BCUT2D eigenvalue weighted by Gasteiger charge is -2.27. The number of nitrogens with zero attached hydrogens (tertiary/aromatic N) is 3. The molecular weight excluding hydrogens is 376 g/mol. The normalized spacial score (nSPS) is 13.6. The van der Waals surface area contributed by atoms with E-state index in [0.717, 1.165) is 41.9 Å². The molecule has 1 aromatic heterocycles. The van der Waals surface area contributed by atoms with Crippen LogP contribution in [0.4, 0.5) is 33.6 Å². The van der Waals surface area contributed by atoms with E-state index < -0.39 is 0 Å². The van der Waals surface area contributed by atoms with Gasteiger partial charge in [-0.2, -0.15) is 4.98 Å². The molecule has 1 aliphatic rings. The number of amides is 2. The van der Waals surface area contributed by atoms with Crippen molar-refractivity contribution in [2.24, 2.45) is 0 Å². The van der Waals surface area contributed by atoms with Gasteiger partial charge in [0.05, 0.1) is 0 Å². The summed E-state index contributed by atoms with van der Waals surface area (Å²) >= 11 is 0. The minimum absolute atomic E-state index is 0.278. The Bertz CT molecular complexity index is 984. The van der Waals surface area contributed by atoms with Crippen molar-refractivity contribution in [3.8, 4) is 0 Å². The number of nitrogens with one attached hydrogen (secondary N) is 3. The number of carbonyl (C=O) groups is 1. The van der Waals surface area contributed by atoms with Gasteiger partial charge in [-0.3, -0.25) is 0 Å². The van der Waals surface area contributed by atoms with E-state index >= 15 is 0 Å². The molecule has 2 amide bonds. The minimum Gasteiger partial charge on any atom is -0.341 e. The van der Waals surface area contributed by atoms with Gasteiger partial charge in [-0.1, -0.05) is 18.2 Å². The average Bonchev–Trinajstić information content (AvgIpc) is 2.76. The van der Waals surface area contributed by atoms with Crippen LogP contribution in [0.3, 0.4) is 0 Å². The summed E-state index contributed by atoms with van der Waals surface area (Å²) in [4.78, 5) is 23.7. The van der Waals surface area contributed by atoms with Gasteiger partial charge in [0, 0.05) is 41.9 Å². The number of aryl methyl sites for hydroxylation is 1. The second-order valence-corrected chi connectivity index (χ2v) is 7.39. The Morgan fingerprint density at radius 3 is 2.17 bits per heavy atom. The third-order valence-corrected chi connectivity index (χ3v) is 4.93. The summed E-state index contributed by atoms with van der Waals surface area (Å²) in [6.07, 6.45) is 3.65. The molecule has 1 saturated heterocycles. The van der Waals surface area contributed by atoms with Crippen LogP contribution in [0.2, 0.25) is 0 Å². The van der Waals surface area contributed by atoms with Crippen molar-refractivity contribution in [1.82, 2.24) is 9.97 Å². The zero-order valence-electron chi connectivity index (χ0n) is 17.1. The number of aromatic nitrogens is 2. The Labute approximate surface area is 176 Å². The van der Waals surface area contributed by atoms with Crippen LogP contribution >= 0.6 is 0 Å². The number of hydrogen-bond donors (Lipinski definition) is 3. The van der Waals surface area contributed by atoms with E-state index in [2.05, 4.69) is 25.8 Å². The van der Waals surface area contributed by atoms with Crippen molar-refractivity contribution < 1.29 is 4.79 Å². The van der Waals surface area contributed by atoms with Crippen molar-refractivity contribution in [2.75, 3.05) is 33.9 Å². The first-order valence-corrected chi connectivity index (χ1v) is 10.3. The maximum atomic E-state index is 12.1. The van der Waals surface area contributed by atoms with Gasteiger partial charge >= 0.3 is 6.03 Å². The van der Waals surface area contributed by atoms with Gasteiger partial charge in [0.2, 0.25) is 5.95 Å². The van der Waals surface area contributed by atoms with Gasteiger partial charge < -0.3 is 20.9 Å². The molecule has 7 heteroatoms. The third-order valence-electron chi connectivity index (χ3n) is 4.93. The first-order chi connectivity index (χ1) is 14.7. The molecule has 0 atom stereocenters. The highest BCUT2D eigenvalue weighted by Crippen LogP contribution is 2.22. The first kappa shape index (κ1) is 19.7. The smallest absolute Gasteiger partial charge is 0.323 e. The molecule has 0 aliphatic carbocycles. The summed E-state index contributed by atoms with van der Waals surface area (Å²) in [5, 5.41) is 8.97. The van der Waals surface area contributed by atoms with Crippen LogP contribution in [-0.4, -0.2) is 29.1 Å². The zero-order chi connectivity index (χ0) is 20.8. The number of piperidine rings is 1. The van der Waals surface area contributed by atoms with E-state index in [1.165, 1.54) is 19.3 Å². The van der Waals surface area contributed by atoms with E-state index in [1.54, 1.807) is 0 Å². The van der Waals surface area contributed by atoms with Gasteiger partial charge in [0.25, 0.3) is 0 Å². The number of para-hydroxylation sites is 1. The lowest BCUT2D eigenvalue weighted by molar-refractivity contribution is 0.262. The standard InChI is InChI=1S/C23H26N6O/c1-17-16-21(28-22(24-17)29-14-6-3-7-15-29)25-19-10-12-20(13-11-19)27-23(30)26-18-8-4-2-5-9-18/h2,4-5,8-13,16H,3,6-7,14-15H2,1H3,(H,24,25,28)(H2,26,27,30). The number of rotatable bonds is 5. The van der Waals surface area contributed by atoms with E-state index in [4.69, 9.17) is 4.98 Å². The Hall–Kier alpha value is -3.61. The highest BCUT2D eigenvalue weighted by molar-refractivity contribution is 5.99. The third kappa shape index (κ3) is 5.26. The second-order valence-electron chi connectivity index (χ2n) is 7.39. The van der Waals surface area contributed by atoms with Crippen LogP contribution in [0.1, 0.15) is 25.0 Å². The van der Waals surface area contributed by atoms with Gasteiger partial charge in [0.15, 0.2) is 0 Å². The van der Waals surface area contributed by atoms with Crippen LogP contribution in [-0.2, 0) is 0 Å². The van der Waals surface area contributed by atoms with E-state index in [0.29, 0.717) is 5.69 Å². The van der Waals surface area contributed by atoms with Crippen LogP contribution in [0.25, 0.3) is 0 Å². The van der Waals surface area contributed by atoms with E-state index in [-0.39, 0.29) is 6.03 Å². The van der Waals surface area contributed by atoms with Crippen molar-refractivity contribution in [3.05, 3.63) is 66.4 Å². The Kier molecular flexibility index (Phi) is 6.08. The molecule has 2 aromatic carbocycles. The van der Waals surface area contributed by atoms with E-state index in [1.807, 2.05) is 67.6 Å². The summed E-state index contributed by atoms with van der Waals surface area (Å²) in [6.45, 7) is 4.00. The second kappa shape index (κ2) is 9.26. The summed E-state index contributed by atoms with van der Waals surface area (Å²) in [6, 6.07) is 18.5. The molecular formula is C23H26N6O. The van der Waals surface area contributed by atoms with Crippen molar-refractivity contribution in [3.63, 3.8) is 0 Å². The zero-order valence-corrected chi connectivity index (χ0v) is 17.1. The number of hydrogen-bond acceptors (Lipinski definition) is 5. The van der Waals surface area contributed by atoms with Gasteiger partial charge in [0.1, 0.15) is 5.82 Å². The summed E-state index contributed by atoms with van der Waals surface area (Å²) in [7, 11) is 0. The highest BCUT2D eigenvalue weighted by atomic mass is 16.2. The minimum atomic E-state index is -0.278. The van der Waals surface area contributed by atoms with Crippen molar-refractivity contribution >= 4 is 34.9 Å². The molecule has 0 spiro atoms. The molecule has 154 valence electrons. The van der Waals surface area contributed by atoms with Crippen LogP contribution < -0.4 is 20.9 Å². The molecule has 3 aromatic rings. The number of anilines is 5. The topological polar surface area (TPSA) is 82.2 Å². The molecule has 1 fully saturated rings. The van der Waals surface area contributed by atoms with Crippen molar-refractivity contribution in [2.45, 2.75) is 26.2 Å². The van der Waals surface area contributed by atoms with Gasteiger partial charge in [-0.15, -0.1) is 0 Å². The SMILES string of the molecule is Cc1cc(Nc2ccc(NC(=O)Nc3ccccc3)cc2)nc(N2CCCCC2)n1. The molecule has 0 saturated carbocycles. The van der Waals surface area contributed by atoms with E-state index in [9.17, 15) is 4.79 Å². The van der Waals surface area contributed by atoms with Crippen LogP contribution in [0.5, 0.6) is 0 Å². The quantitative estimate of drug-likeness (QED) is 0.549. The predicted octanol–water partition coefficient (Wildman–Crippen LogP) is 5.16.